The topological polar surface area (TPSA) is 58.2 Å². The van der Waals surface area contributed by atoms with Gasteiger partial charge >= 0.3 is 0 Å². The van der Waals surface area contributed by atoms with Crippen LogP contribution in [-0.4, -0.2) is 32.3 Å². The van der Waals surface area contributed by atoms with E-state index in [1.165, 1.54) is 12.8 Å². The van der Waals surface area contributed by atoms with Gasteiger partial charge in [-0.3, -0.25) is 0 Å². The molecule has 0 aromatic rings. The zero-order chi connectivity index (χ0) is 15.4. The van der Waals surface area contributed by atoms with E-state index in [1.54, 1.807) is 0 Å². The molecule has 0 heterocycles. The fourth-order valence-corrected chi connectivity index (χ4v) is 4.44. The van der Waals surface area contributed by atoms with Crippen LogP contribution in [0.15, 0.2) is 0 Å². The molecule has 0 spiro atoms. The Morgan fingerprint density at radius 1 is 1.05 bits per heavy atom. The van der Waals surface area contributed by atoms with Crippen molar-refractivity contribution in [2.24, 2.45) is 5.41 Å². The van der Waals surface area contributed by atoms with Gasteiger partial charge in [-0.15, -0.1) is 0 Å². The predicted octanol–water partition coefficient (Wildman–Crippen LogP) is 2.65. The molecule has 1 rings (SSSR count). The van der Waals surface area contributed by atoms with Gasteiger partial charge in [-0.05, 0) is 57.9 Å². The zero-order valence-electron chi connectivity index (χ0n) is 13.8. The highest BCUT2D eigenvalue weighted by Gasteiger charge is 2.29. The van der Waals surface area contributed by atoms with Crippen LogP contribution in [0.3, 0.4) is 0 Å². The van der Waals surface area contributed by atoms with Gasteiger partial charge in [-0.2, -0.15) is 0 Å². The summed E-state index contributed by atoms with van der Waals surface area (Å²) in [6, 6.07) is 0.704. The van der Waals surface area contributed by atoms with Gasteiger partial charge in [0.15, 0.2) is 0 Å². The first kappa shape index (κ1) is 17.9. The number of hydrogen-bond donors (Lipinski definition) is 2. The standard InChI is InChI=1S/C15H32N2O2S/c1-14(2,3)12-15(4,5)17-20(18,19)11-7-6-10-16-13-8-9-13/h13,16-17H,6-12H2,1-5H3. The normalized spacial score (nSPS) is 17.4. The Hall–Kier alpha value is -0.130. The summed E-state index contributed by atoms with van der Waals surface area (Å²) in [5, 5.41) is 3.41. The van der Waals surface area contributed by atoms with E-state index in [-0.39, 0.29) is 16.7 Å². The third kappa shape index (κ3) is 8.93. The Morgan fingerprint density at radius 3 is 2.15 bits per heavy atom. The molecule has 120 valence electrons. The number of sulfonamides is 1. The first-order valence-electron chi connectivity index (χ1n) is 7.74. The van der Waals surface area contributed by atoms with E-state index in [2.05, 4.69) is 30.8 Å². The largest absolute Gasteiger partial charge is 0.314 e. The quantitative estimate of drug-likeness (QED) is 0.644. The van der Waals surface area contributed by atoms with Crippen LogP contribution >= 0.6 is 0 Å². The number of rotatable bonds is 9. The summed E-state index contributed by atoms with van der Waals surface area (Å²) >= 11 is 0. The average Bonchev–Trinajstić information content (AvgIpc) is 2.94. The lowest BCUT2D eigenvalue weighted by molar-refractivity contribution is 0.269. The van der Waals surface area contributed by atoms with E-state index in [9.17, 15) is 8.42 Å². The molecule has 1 fully saturated rings. The second kappa shape index (κ2) is 6.75. The second-order valence-corrected chi connectivity index (χ2v) is 9.82. The maximum atomic E-state index is 12.1. The minimum absolute atomic E-state index is 0.111. The van der Waals surface area contributed by atoms with Crippen molar-refractivity contribution in [3.63, 3.8) is 0 Å². The third-order valence-corrected chi connectivity index (χ3v) is 4.94. The van der Waals surface area contributed by atoms with E-state index >= 15 is 0 Å². The molecule has 0 aromatic heterocycles. The molecule has 1 aliphatic rings. The average molecular weight is 304 g/mol. The smallest absolute Gasteiger partial charge is 0.212 e. The van der Waals surface area contributed by atoms with E-state index in [0.29, 0.717) is 6.04 Å². The first-order chi connectivity index (χ1) is 8.99. The molecule has 0 unspecified atom stereocenters. The molecule has 1 saturated carbocycles. The first-order valence-corrected chi connectivity index (χ1v) is 9.39. The van der Waals surface area contributed by atoms with Gasteiger partial charge in [-0.1, -0.05) is 20.8 Å². The summed E-state index contributed by atoms with van der Waals surface area (Å²) in [5.74, 6) is 0.229. The number of nitrogens with one attached hydrogen (secondary N) is 2. The molecule has 5 heteroatoms. The molecule has 0 bridgehead atoms. The van der Waals surface area contributed by atoms with E-state index in [0.717, 1.165) is 25.8 Å². The molecule has 2 N–H and O–H groups in total. The molecule has 4 nitrogen and oxygen atoms in total. The van der Waals surface area contributed by atoms with Crippen LogP contribution in [0.25, 0.3) is 0 Å². The van der Waals surface area contributed by atoms with Crippen molar-refractivity contribution >= 4 is 10.0 Å². The van der Waals surface area contributed by atoms with Crippen molar-refractivity contribution in [2.45, 2.75) is 78.3 Å². The molecule has 1 aliphatic carbocycles. The van der Waals surface area contributed by atoms with Crippen LogP contribution in [0.4, 0.5) is 0 Å². The molecule has 20 heavy (non-hydrogen) atoms. The number of unbranched alkanes of at least 4 members (excludes halogenated alkanes) is 1. The van der Waals surface area contributed by atoms with Gasteiger partial charge in [0.2, 0.25) is 10.0 Å². The van der Waals surface area contributed by atoms with Crippen molar-refractivity contribution in [3.8, 4) is 0 Å². The molecular weight excluding hydrogens is 272 g/mol. The Labute approximate surface area is 125 Å². The highest BCUT2D eigenvalue weighted by atomic mass is 32.2. The fourth-order valence-electron chi connectivity index (χ4n) is 2.84. The molecule has 0 saturated heterocycles. The predicted molar refractivity (Wildman–Crippen MR) is 85.3 cm³/mol. The fraction of sp³-hybridized carbons (Fsp3) is 1.00. The lowest BCUT2D eigenvalue weighted by Crippen LogP contribution is -2.46. The SMILES string of the molecule is CC(C)(C)CC(C)(C)NS(=O)(=O)CCCCNC1CC1. The maximum Gasteiger partial charge on any atom is 0.212 e. The second-order valence-electron chi connectivity index (χ2n) is 7.98. The maximum absolute atomic E-state index is 12.1. The van der Waals surface area contributed by atoms with Gasteiger partial charge in [-0.25, -0.2) is 13.1 Å². The molecule has 0 atom stereocenters. The van der Waals surface area contributed by atoms with E-state index in [1.807, 2.05) is 13.8 Å². The number of hydrogen-bond acceptors (Lipinski definition) is 3. The Bertz CT molecular complexity index is 393. The highest BCUT2D eigenvalue weighted by Crippen LogP contribution is 2.27. The lowest BCUT2D eigenvalue weighted by Gasteiger charge is -2.33. The Balaban J connectivity index is 2.27. The van der Waals surface area contributed by atoms with Gasteiger partial charge in [0.25, 0.3) is 0 Å². The molecule has 0 aliphatic heterocycles. The van der Waals surface area contributed by atoms with E-state index in [4.69, 9.17) is 0 Å². The van der Waals surface area contributed by atoms with Crippen LogP contribution in [0.2, 0.25) is 0 Å². The summed E-state index contributed by atoms with van der Waals surface area (Å²) < 4.78 is 27.1. The summed E-state index contributed by atoms with van der Waals surface area (Å²) in [5.41, 5.74) is -0.274. The van der Waals surface area contributed by atoms with E-state index < -0.39 is 10.0 Å². The third-order valence-electron chi connectivity index (χ3n) is 3.25. The van der Waals surface area contributed by atoms with Gasteiger partial charge in [0.1, 0.15) is 0 Å². The minimum atomic E-state index is -3.17. The van der Waals surface area contributed by atoms with Crippen LogP contribution < -0.4 is 10.0 Å². The van der Waals surface area contributed by atoms with Crippen molar-refractivity contribution in [1.82, 2.24) is 10.0 Å². The van der Waals surface area contributed by atoms with Crippen molar-refractivity contribution < 1.29 is 8.42 Å². The summed E-state index contributed by atoms with van der Waals surface area (Å²) in [4.78, 5) is 0. The van der Waals surface area contributed by atoms with Gasteiger partial charge in [0, 0.05) is 11.6 Å². The van der Waals surface area contributed by atoms with Gasteiger partial charge < -0.3 is 5.32 Å². The molecule has 0 radical (unpaired) electrons. The molecule has 0 amide bonds. The van der Waals surface area contributed by atoms with Crippen molar-refractivity contribution in [1.29, 1.82) is 0 Å². The minimum Gasteiger partial charge on any atom is -0.314 e. The van der Waals surface area contributed by atoms with Crippen molar-refractivity contribution in [3.05, 3.63) is 0 Å². The monoisotopic (exact) mass is 304 g/mol. The summed E-state index contributed by atoms with van der Waals surface area (Å²) in [6.07, 6.45) is 5.03. The zero-order valence-corrected chi connectivity index (χ0v) is 14.6. The summed E-state index contributed by atoms with van der Waals surface area (Å²) in [7, 11) is -3.17. The van der Waals surface area contributed by atoms with Gasteiger partial charge in [0.05, 0.1) is 5.75 Å². The Kier molecular flexibility index (Phi) is 6.05. The lowest BCUT2D eigenvalue weighted by atomic mass is 9.82. The van der Waals surface area contributed by atoms with Crippen LogP contribution in [0.5, 0.6) is 0 Å². The summed E-state index contributed by atoms with van der Waals surface area (Å²) in [6.45, 7) is 11.3. The highest BCUT2D eigenvalue weighted by molar-refractivity contribution is 7.89. The van der Waals surface area contributed by atoms with Crippen molar-refractivity contribution in [2.75, 3.05) is 12.3 Å². The molecule has 0 aromatic carbocycles. The van der Waals surface area contributed by atoms with Crippen LogP contribution in [0.1, 0.15) is 66.7 Å². The van der Waals surface area contributed by atoms with Crippen LogP contribution in [0, 0.1) is 5.41 Å². The Morgan fingerprint density at radius 2 is 1.65 bits per heavy atom. The van der Waals surface area contributed by atoms with Crippen LogP contribution in [-0.2, 0) is 10.0 Å². The molecular formula is C15H32N2O2S.